The molecule has 1 fully saturated rings. The Morgan fingerprint density at radius 1 is 1.47 bits per heavy atom. The van der Waals surface area contributed by atoms with Crippen molar-refractivity contribution < 1.29 is 9.53 Å². The molecule has 0 aromatic rings. The molecule has 1 aliphatic carbocycles. The van der Waals surface area contributed by atoms with E-state index in [9.17, 15) is 4.79 Å². The zero-order valence-electron chi connectivity index (χ0n) is 12.7. The number of carbonyl (C=O) groups is 1. The van der Waals surface area contributed by atoms with Crippen molar-refractivity contribution in [3.8, 4) is 0 Å². The third-order valence-corrected chi connectivity index (χ3v) is 3.40. The minimum absolute atomic E-state index is 0.312. The normalized spacial score (nSPS) is 24.8. The molecule has 19 heavy (non-hydrogen) atoms. The molecule has 1 rings (SSSR count). The van der Waals surface area contributed by atoms with Crippen molar-refractivity contribution in [1.82, 2.24) is 10.6 Å². The molecule has 0 spiro atoms. The van der Waals surface area contributed by atoms with Crippen molar-refractivity contribution in [2.24, 2.45) is 5.92 Å². The van der Waals surface area contributed by atoms with Crippen LogP contribution in [-0.2, 0) is 4.74 Å². The molecule has 0 heterocycles. The van der Waals surface area contributed by atoms with Gasteiger partial charge >= 0.3 is 6.09 Å². The van der Waals surface area contributed by atoms with Gasteiger partial charge < -0.3 is 15.4 Å². The number of amides is 1. The molecule has 0 aromatic heterocycles. The highest BCUT2D eigenvalue weighted by Crippen LogP contribution is 2.25. The second kappa shape index (κ2) is 6.94. The molecule has 110 valence electrons. The second-order valence-corrected chi connectivity index (χ2v) is 6.37. The van der Waals surface area contributed by atoms with E-state index in [0.29, 0.717) is 24.5 Å². The van der Waals surface area contributed by atoms with Gasteiger partial charge in [-0.1, -0.05) is 12.5 Å². The van der Waals surface area contributed by atoms with Crippen molar-refractivity contribution in [3.05, 3.63) is 12.7 Å². The summed E-state index contributed by atoms with van der Waals surface area (Å²) in [5.41, 5.74) is -0.436. The van der Waals surface area contributed by atoms with Crippen LogP contribution in [0.15, 0.2) is 12.7 Å². The van der Waals surface area contributed by atoms with E-state index in [1.54, 1.807) is 0 Å². The Kier molecular flexibility index (Phi) is 5.85. The van der Waals surface area contributed by atoms with Gasteiger partial charge in [-0.25, -0.2) is 4.79 Å². The number of nitrogens with one attached hydrogen (secondary N) is 2. The second-order valence-electron chi connectivity index (χ2n) is 6.37. The van der Waals surface area contributed by atoms with Gasteiger partial charge in [0.15, 0.2) is 0 Å². The van der Waals surface area contributed by atoms with Crippen molar-refractivity contribution in [2.75, 3.05) is 6.54 Å². The molecule has 4 nitrogen and oxygen atoms in total. The van der Waals surface area contributed by atoms with Crippen LogP contribution in [0, 0.1) is 5.92 Å². The first-order chi connectivity index (χ1) is 8.81. The van der Waals surface area contributed by atoms with Crippen LogP contribution < -0.4 is 10.6 Å². The summed E-state index contributed by atoms with van der Waals surface area (Å²) < 4.78 is 5.25. The van der Waals surface area contributed by atoms with E-state index in [4.69, 9.17) is 4.74 Å². The first-order valence-corrected chi connectivity index (χ1v) is 7.17. The van der Waals surface area contributed by atoms with E-state index in [1.807, 2.05) is 26.8 Å². The highest BCUT2D eigenvalue weighted by molar-refractivity contribution is 5.67. The Bertz CT molecular complexity index is 310. The summed E-state index contributed by atoms with van der Waals surface area (Å²) in [5, 5.41) is 6.42. The third kappa shape index (κ3) is 6.10. The quantitative estimate of drug-likeness (QED) is 0.754. The van der Waals surface area contributed by atoms with Crippen molar-refractivity contribution >= 4 is 6.09 Å². The number of hydrogen-bond acceptors (Lipinski definition) is 3. The minimum Gasteiger partial charge on any atom is -0.444 e. The van der Waals surface area contributed by atoms with Crippen LogP contribution in [0.25, 0.3) is 0 Å². The lowest BCUT2D eigenvalue weighted by Gasteiger charge is -2.25. The average molecular weight is 268 g/mol. The summed E-state index contributed by atoms with van der Waals surface area (Å²) >= 11 is 0. The van der Waals surface area contributed by atoms with E-state index in [-0.39, 0.29) is 6.09 Å². The Balaban J connectivity index is 2.35. The molecule has 2 N–H and O–H groups in total. The number of carbonyl (C=O) groups excluding carboxylic acids is 1. The molecule has 3 unspecified atom stereocenters. The van der Waals surface area contributed by atoms with Gasteiger partial charge in [0.1, 0.15) is 5.60 Å². The Hall–Kier alpha value is -1.03. The van der Waals surface area contributed by atoms with Gasteiger partial charge in [-0.15, -0.1) is 6.58 Å². The van der Waals surface area contributed by atoms with Crippen LogP contribution in [0.2, 0.25) is 0 Å². The van der Waals surface area contributed by atoms with Crippen LogP contribution >= 0.6 is 0 Å². The molecule has 1 saturated carbocycles. The maximum atomic E-state index is 11.6. The van der Waals surface area contributed by atoms with E-state index in [0.717, 1.165) is 6.42 Å². The lowest BCUT2D eigenvalue weighted by atomic mass is 10.0. The van der Waals surface area contributed by atoms with E-state index < -0.39 is 5.60 Å². The van der Waals surface area contributed by atoms with Gasteiger partial charge in [-0.3, -0.25) is 0 Å². The van der Waals surface area contributed by atoms with Crippen LogP contribution in [-0.4, -0.2) is 30.3 Å². The average Bonchev–Trinajstić information content (AvgIpc) is 2.71. The molecule has 4 heteroatoms. The number of rotatable bonds is 5. The van der Waals surface area contributed by atoms with Gasteiger partial charge in [-0.05, 0) is 46.5 Å². The third-order valence-electron chi connectivity index (χ3n) is 3.40. The maximum absolute atomic E-state index is 11.6. The Morgan fingerprint density at radius 2 is 2.16 bits per heavy atom. The monoisotopic (exact) mass is 268 g/mol. The van der Waals surface area contributed by atoms with Crippen molar-refractivity contribution in [1.29, 1.82) is 0 Å². The molecule has 0 aliphatic heterocycles. The van der Waals surface area contributed by atoms with Crippen molar-refractivity contribution in [2.45, 2.75) is 64.6 Å². The molecule has 3 atom stereocenters. The summed E-state index contributed by atoms with van der Waals surface area (Å²) in [6.07, 6.45) is 5.12. The summed E-state index contributed by atoms with van der Waals surface area (Å²) in [5.74, 6) is 0.481. The molecular weight excluding hydrogens is 240 g/mol. The van der Waals surface area contributed by atoms with Crippen molar-refractivity contribution in [3.63, 3.8) is 0 Å². The van der Waals surface area contributed by atoms with Crippen LogP contribution in [0.4, 0.5) is 4.79 Å². The highest BCUT2D eigenvalue weighted by Gasteiger charge is 2.28. The van der Waals surface area contributed by atoms with E-state index in [2.05, 4.69) is 24.1 Å². The Morgan fingerprint density at radius 3 is 2.74 bits per heavy atom. The fourth-order valence-electron chi connectivity index (χ4n) is 2.43. The molecule has 0 saturated heterocycles. The van der Waals surface area contributed by atoms with Crippen LogP contribution in [0.3, 0.4) is 0 Å². The molecule has 1 amide bonds. The highest BCUT2D eigenvalue weighted by atomic mass is 16.6. The predicted molar refractivity (Wildman–Crippen MR) is 78.2 cm³/mol. The fourth-order valence-corrected chi connectivity index (χ4v) is 2.43. The Labute approximate surface area is 117 Å². The van der Waals surface area contributed by atoms with Gasteiger partial charge in [-0.2, -0.15) is 0 Å². The first-order valence-electron chi connectivity index (χ1n) is 7.17. The summed E-state index contributed by atoms with van der Waals surface area (Å²) in [7, 11) is 0. The number of hydrogen-bond donors (Lipinski definition) is 2. The summed E-state index contributed by atoms with van der Waals surface area (Å²) in [6, 6.07) is 0.773. The van der Waals surface area contributed by atoms with Gasteiger partial charge in [0.25, 0.3) is 0 Å². The predicted octanol–water partition coefficient (Wildman–Crippen LogP) is 2.84. The van der Waals surface area contributed by atoms with Gasteiger partial charge in [0.05, 0.1) is 0 Å². The number of alkyl carbamates (subject to hydrolysis) is 1. The molecule has 0 radical (unpaired) electrons. The molecule has 0 bridgehead atoms. The topological polar surface area (TPSA) is 50.4 Å². The van der Waals surface area contributed by atoms with Crippen LogP contribution in [0.5, 0.6) is 0 Å². The lowest BCUT2D eigenvalue weighted by molar-refractivity contribution is 0.0517. The summed E-state index contributed by atoms with van der Waals surface area (Å²) in [6.45, 7) is 12.2. The summed E-state index contributed by atoms with van der Waals surface area (Å²) in [4.78, 5) is 11.6. The maximum Gasteiger partial charge on any atom is 0.407 e. The lowest BCUT2D eigenvalue weighted by Crippen LogP contribution is -2.43. The van der Waals surface area contributed by atoms with Gasteiger partial charge in [0.2, 0.25) is 0 Å². The number of ether oxygens (including phenoxy) is 1. The molecule has 1 aliphatic rings. The largest absolute Gasteiger partial charge is 0.444 e. The smallest absolute Gasteiger partial charge is 0.407 e. The van der Waals surface area contributed by atoms with Crippen LogP contribution in [0.1, 0.15) is 47.0 Å². The van der Waals surface area contributed by atoms with E-state index >= 15 is 0 Å². The fraction of sp³-hybridized carbons (Fsp3) is 0.800. The zero-order chi connectivity index (χ0) is 14.5. The standard InChI is InChI=1S/C15H28N2O2/c1-6-11(2)17-13-9-7-8-12(13)10-16-14(18)19-15(3,4)5/h6,11-13,17H,1,7-10H2,2-5H3,(H,16,18). The first kappa shape index (κ1) is 16.0. The minimum atomic E-state index is -0.436. The van der Waals surface area contributed by atoms with E-state index in [1.165, 1.54) is 12.8 Å². The molecular formula is C15H28N2O2. The molecule has 0 aromatic carbocycles. The zero-order valence-corrected chi connectivity index (χ0v) is 12.7. The SMILES string of the molecule is C=CC(C)NC1CCCC1CNC(=O)OC(C)(C)C. The van der Waals surface area contributed by atoms with Gasteiger partial charge in [0, 0.05) is 18.6 Å².